The number of carbonyl (C=O) groups excluding carboxylic acids is 2. The van der Waals surface area contributed by atoms with E-state index in [1.807, 2.05) is 0 Å². The zero-order chi connectivity index (χ0) is 15.5. The van der Waals surface area contributed by atoms with Crippen molar-refractivity contribution in [3.63, 3.8) is 0 Å². The molecule has 0 spiro atoms. The van der Waals surface area contributed by atoms with Crippen LogP contribution >= 0.6 is 0 Å². The van der Waals surface area contributed by atoms with Gasteiger partial charge in [-0.25, -0.2) is 0 Å². The summed E-state index contributed by atoms with van der Waals surface area (Å²) >= 11 is 0. The molecule has 0 radical (unpaired) electrons. The Morgan fingerprint density at radius 2 is 2.00 bits per heavy atom. The van der Waals surface area contributed by atoms with Crippen molar-refractivity contribution in [3.8, 4) is 5.75 Å². The molecule has 1 aromatic rings. The first-order chi connectivity index (χ1) is 10.00. The monoisotopic (exact) mass is 292 g/mol. The highest BCUT2D eigenvalue weighted by Gasteiger charge is 2.40. The van der Waals surface area contributed by atoms with Gasteiger partial charge in [-0.05, 0) is 31.2 Å². The Hall–Kier alpha value is -2.08. The molecular weight excluding hydrogens is 272 g/mol. The lowest BCUT2D eigenvalue weighted by atomic mass is 10.0. The molecule has 0 saturated carbocycles. The van der Waals surface area contributed by atoms with Gasteiger partial charge in [-0.2, -0.15) is 0 Å². The highest BCUT2D eigenvalue weighted by molar-refractivity contribution is 5.95. The third kappa shape index (κ3) is 3.16. The molecule has 21 heavy (non-hydrogen) atoms. The molecule has 114 valence electrons. The fraction of sp³-hybridized carbons (Fsp3) is 0.467. The third-order valence-electron chi connectivity index (χ3n) is 3.61. The minimum absolute atomic E-state index is 0.115. The standard InChI is InChI=1S/C15H20N2O4/c1-15(14(19)16-2)10-17(8-9-21-15)13(18)11-4-6-12(20-3)7-5-11/h4-7H,8-10H2,1-3H3,(H,16,19)/t15-/m0/s1. The van der Waals surface area contributed by atoms with E-state index in [9.17, 15) is 9.59 Å². The molecule has 1 atom stereocenters. The first-order valence-electron chi connectivity index (χ1n) is 6.79. The topological polar surface area (TPSA) is 67.9 Å². The first-order valence-corrected chi connectivity index (χ1v) is 6.79. The van der Waals surface area contributed by atoms with Crippen LogP contribution in [-0.2, 0) is 9.53 Å². The Kier molecular flexibility index (Phi) is 4.47. The average molecular weight is 292 g/mol. The van der Waals surface area contributed by atoms with Gasteiger partial charge in [-0.3, -0.25) is 9.59 Å². The minimum atomic E-state index is -1.00. The van der Waals surface area contributed by atoms with Gasteiger partial charge in [0.1, 0.15) is 5.75 Å². The molecule has 0 unspecified atom stereocenters. The second-order valence-electron chi connectivity index (χ2n) is 5.11. The van der Waals surface area contributed by atoms with Crippen molar-refractivity contribution in [2.24, 2.45) is 0 Å². The van der Waals surface area contributed by atoms with Gasteiger partial charge in [0.05, 0.1) is 20.3 Å². The maximum Gasteiger partial charge on any atom is 0.254 e. The molecule has 1 heterocycles. The van der Waals surface area contributed by atoms with Crippen LogP contribution in [0.4, 0.5) is 0 Å². The summed E-state index contributed by atoms with van der Waals surface area (Å²) in [6, 6.07) is 6.92. The van der Waals surface area contributed by atoms with Gasteiger partial charge in [-0.15, -0.1) is 0 Å². The summed E-state index contributed by atoms with van der Waals surface area (Å²) in [5.74, 6) is 0.356. The molecule has 1 aliphatic heterocycles. The summed E-state index contributed by atoms with van der Waals surface area (Å²) in [7, 11) is 3.13. The van der Waals surface area contributed by atoms with E-state index in [0.717, 1.165) is 0 Å². The van der Waals surface area contributed by atoms with Gasteiger partial charge in [0.25, 0.3) is 11.8 Å². The molecule has 1 N–H and O–H groups in total. The number of morpholine rings is 1. The Balaban J connectivity index is 2.13. The number of nitrogens with one attached hydrogen (secondary N) is 1. The molecule has 0 aliphatic carbocycles. The third-order valence-corrected chi connectivity index (χ3v) is 3.61. The molecule has 1 saturated heterocycles. The number of amides is 2. The number of carbonyl (C=O) groups is 2. The number of hydrogen-bond acceptors (Lipinski definition) is 4. The van der Waals surface area contributed by atoms with Gasteiger partial charge >= 0.3 is 0 Å². The molecule has 6 heteroatoms. The molecule has 2 rings (SSSR count). The molecule has 2 amide bonds. The molecular formula is C15H20N2O4. The van der Waals surface area contributed by atoms with Crippen LogP contribution in [0.25, 0.3) is 0 Å². The van der Waals surface area contributed by atoms with Crippen LogP contribution in [0.1, 0.15) is 17.3 Å². The summed E-state index contributed by atoms with van der Waals surface area (Å²) in [4.78, 5) is 26.0. The fourth-order valence-electron chi connectivity index (χ4n) is 2.36. The number of rotatable bonds is 3. The molecule has 1 fully saturated rings. The van der Waals surface area contributed by atoms with Crippen molar-refractivity contribution in [3.05, 3.63) is 29.8 Å². The van der Waals surface area contributed by atoms with Gasteiger partial charge in [0.2, 0.25) is 0 Å². The Morgan fingerprint density at radius 3 is 2.57 bits per heavy atom. The van der Waals surface area contributed by atoms with Crippen LogP contribution in [0.15, 0.2) is 24.3 Å². The van der Waals surface area contributed by atoms with E-state index in [-0.39, 0.29) is 18.4 Å². The number of ether oxygens (including phenoxy) is 2. The number of hydrogen-bond donors (Lipinski definition) is 1. The zero-order valence-corrected chi connectivity index (χ0v) is 12.5. The highest BCUT2D eigenvalue weighted by Crippen LogP contribution is 2.20. The number of benzene rings is 1. The number of likely N-dealkylation sites (N-methyl/N-ethyl adjacent to an activating group) is 1. The predicted octanol–water partition coefficient (Wildman–Crippen LogP) is 0.672. The summed E-state index contributed by atoms with van der Waals surface area (Å²) in [6.07, 6.45) is 0. The van der Waals surface area contributed by atoms with E-state index in [1.54, 1.807) is 50.2 Å². The van der Waals surface area contributed by atoms with Gasteiger partial charge in [0, 0.05) is 19.2 Å². The van der Waals surface area contributed by atoms with Crippen molar-refractivity contribution < 1.29 is 19.1 Å². The van der Waals surface area contributed by atoms with Gasteiger partial charge in [-0.1, -0.05) is 0 Å². The number of methoxy groups -OCH3 is 1. The summed E-state index contributed by atoms with van der Waals surface area (Å²) < 4.78 is 10.6. The van der Waals surface area contributed by atoms with E-state index < -0.39 is 5.60 Å². The van der Waals surface area contributed by atoms with Crippen LogP contribution in [0.5, 0.6) is 5.75 Å². The van der Waals surface area contributed by atoms with Crippen LogP contribution in [0.3, 0.4) is 0 Å². The Morgan fingerprint density at radius 1 is 1.33 bits per heavy atom. The van der Waals surface area contributed by atoms with Crippen LogP contribution in [-0.4, -0.2) is 56.2 Å². The normalized spacial score (nSPS) is 21.8. The zero-order valence-electron chi connectivity index (χ0n) is 12.5. The average Bonchev–Trinajstić information content (AvgIpc) is 2.53. The minimum Gasteiger partial charge on any atom is -0.497 e. The summed E-state index contributed by atoms with van der Waals surface area (Å²) in [5.41, 5.74) is -0.438. The van der Waals surface area contributed by atoms with Crippen molar-refractivity contribution in [2.45, 2.75) is 12.5 Å². The second-order valence-corrected chi connectivity index (χ2v) is 5.11. The fourth-order valence-corrected chi connectivity index (χ4v) is 2.36. The first kappa shape index (κ1) is 15.3. The largest absolute Gasteiger partial charge is 0.497 e. The Bertz CT molecular complexity index is 529. The SMILES string of the molecule is CNC(=O)[C@]1(C)CN(C(=O)c2ccc(OC)cc2)CCO1. The van der Waals surface area contributed by atoms with Crippen molar-refractivity contribution in [1.82, 2.24) is 10.2 Å². The van der Waals surface area contributed by atoms with E-state index in [1.165, 1.54) is 0 Å². The number of nitrogens with zero attached hydrogens (tertiary/aromatic N) is 1. The maximum absolute atomic E-state index is 12.5. The molecule has 1 aliphatic rings. The molecule has 0 aromatic heterocycles. The smallest absolute Gasteiger partial charge is 0.254 e. The van der Waals surface area contributed by atoms with E-state index in [2.05, 4.69) is 5.32 Å². The predicted molar refractivity (Wildman–Crippen MR) is 77.3 cm³/mol. The molecule has 6 nitrogen and oxygen atoms in total. The van der Waals surface area contributed by atoms with Gasteiger partial charge < -0.3 is 19.7 Å². The second kappa shape index (κ2) is 6.13. The van der Waals surface area contributed by atoms with Crippen molar-refractivity contribution in [1.29, 1.82) is 0 Å². The van der Waals surface area contributed by atoms with Crippen molar-refractivity contribution in [2.75, 3.05) is 33.9 Å². The van der Waals surface area contributed by atoms with E-state index in [4.69, 9.17) is 9.47 Å². The molecule has 0 bridgehead atoms. The van der Waals surface area contributed by atoms with Crippen molar-refractivity contribution >= 4 is 11.8 Å². The van der Waals surface area contributed by atoms with E-state index >= 15 is 0 Å². The summed E-state index contributed by atoms with van der Waals surface area (Å²) in [6.45, 7) is 2.74. The van der Waals surface area contributed by atoms with Crippen LogP contribution in [0.2, 0.25) is 0 Å². The van der Waals surface area contributed by atoms with E-state index in [0.29, 0.717) is 24.5 Å². The maximum atomic E-state index is 12.5. The van der Waals surface area contributed by atoms with Crippen LogP contribution < -0.4 is 10.1 Å². The molecule has 1 aromatic carbocycles. The highest BCUT2D eigenvalue weighted by atomic mass is 16.5. The lowest BCUT2D eigenvalue weighted by Crippen LogP contribution is -2.58. The quantitative estimate of drug-likeness (QED) is 0.889. The van der Waals surface area contributed by atoms with Crippen LogP contribution in [0, 0.1) is 0 Å². The Labute approximate surface area is 124 Å². The lowest BCUT2D eigenvalue weighted by Gasteiger charge is -2.39. The summed E-state index contributed by atoms with van der Waals surface area (Å²) in [5, 5.41) is 2.57. The lowest BCUT2D eigenvalue weighted by molar-refractivity contribution is -0.153. The van der Waals surface area contributed by atoms with Gasteiger partial charge in [0.15, 0.2) is 5.60 Å².